The minimum absolute atomic E-state index is 0.0608. The number of aromatic amines is 1. The molecule has 4 heterocycles. The Morgan fingerprint density at radius 1 is 1.08 bits per heavy atom. The summed E-state index contributed by atoms with van der Waals surface area (Å²) in [4.78, 5) is 9.79. The van der Waals surface area contributed by atoms with Gasteiger partial charge in [0.05, 0.1) is 5.56 Å². The van der Waals surface area contributed by atoms with Crippen molar-refractivity contribution in [3.05, 3.63) is 78.3 Å². The summed E-state index contributed by atoms with van der Waals surface area (Å²) in [5.74, 6) is -0.187. The number of ether oxygens (including phenoxy) is 1. The van der Waals surface area contributed by atoms with E-state index in [1.165, 1.54) is 25.0 Å². The summed E-state index contributed by atoms with van der Waals surface area (Å²) in [6.07, 6.45) is 5.85. The third-order valence-corrected chi connectivity index (χ3v) is 6.48. The smallest absolute Gasteiger partial charge is 0.234 e. The van der Waals surface area contributed by atoms with E-state index in [1.807, 2.05) is 30.3 Å². The van der Waals surface area contributed by atoms with Crippen LogP contribution in [0.1, 0.15) is 18.6 Å². The molecule has 0 aliphatic carbocycles. The van der Waals surface area contributed by atoms with Crippen LogP contribution >= 0.6 is 0 Å². The SMILES string of the molecule is Fc1cccc(-c2nc3cn[n+](Cc4cc(-c5ccc(OCCN6CCCC6)cc5)no4)cc3[nH]2)c1F. The lowest BCUT2D eigenvalue weighted by Gasteiger charge is -2.14. The molecule has 1 saturated heterocycles. The first kappa shape index (κ1) is 23.2. The average molecular weight is 504 g/mol. The molecule has 188 valence electrons. The lowest BCUT2D eigenvalue weighted by molar-refractivity contribution is -0.746. The van der Waals surface area contributed by atoms with Gasteiger partial charge in [-0.1, -0.05) is 15.9 Å². The molecule has 6 rings (SSSR count). The maximum Gasteiger partial charge on any atom is 0.234 e. The van der Waals surface area contributed by atoms with Crippen molar-refractivity contribution in [3.63, 3.8) is 0 Å². The van der Waals surface area contributed by atoms with Gasteiger partial charge in [0.25, 0.3) is 0 Å². The van der Waals surface area contributed by atoms with E-state index in [0.29, 0.717) is 35.6 Å². The van der Waals surface area contributed by atoms with E-state index < -0.39 is 11.6 Å². The lowest BCUT2D eigenvalue weighted by Crippen LogP contribution is -2.37. The first-order valence-corrected chi connectivity index (χ1v) is 12.2. The van der Waals surface area contributed by atoms with Crippen LogP contribution in [-0.2, 0) is 6.54 Å². The summed E-state index contributed by atoms with van der Waals surface area (Å²) < 4.78 is 40.9. The highest BCUT2D eigenvalue weighted by molar-refractivity contribution is 5.77. The Morgan fingerprint density at radius 3 is 2.76 bits per heavy atom. The van der Waals surface area contributed by atoms with Crippen LogP contribution in [0.4, 0.5) is 8.78 Å². The quantitative estimate of drug-likeness (QED) is 0.317. The molecule has 10 heteroatoms. The third-order valence-electron chi connectivity index (χ3n) is 6.48. The molecule has 0 amide bonds. The van der Waals surface area contributed by atoms with Gasteiger partial charge < -0.3 is 14.2 Å². The minimum Gasteiger partial charge on any atom is -0.492 e. The number of likely N-dealkylation sites (tertiary alicyclic amines) is 1. The predicted octanol–water partition coefficient (Wildman–Crippen LogP) is 4.37. The fourth-order valence-electron chi connectivity index (χ4n) is 4.51. The van der Waals surface area contributed by atoms with Crippen molar-refractivity contribution in [3.8, 4) is 28.4 Å². The summed E-state index contributed by atoms with van der Waals surface area (Å²) in [5.41, 5.74) is 2.87. The number of rotatable bonds is 8. The zero-order valence-electron chi connectivity index (χ0n) is 20.0. The van der Waals surface area contributed by atoms with Crippen LogP contribution in [0.5, 0.6) is 5.75 Å². The molecule has 1 aliphatic heterocycles. The summed E-state index contributed by atoms with van der Waals surface area (Å²) in [6.45, 7) is 4.29. The summed E-state index contributed by atoms with van der Waals surface area (Å²) >= 11 is 0. The molecule has 37 heavy (non-hydrogen) atoms. The number of imidazole rings is 1. The van der Waals surface area contributed by atoms with Gasteiger partial charge >= 0.3 is 0 Å². The molecule has 0 spiro atoms. The number of halogens is 2. The summed E-state index contributed by atoms with van der Waals surface area (Å²) in [6, 6.07) is 13.6. The second-order valence-corrected chi connectivity index (χ2v) is 9.06. The van der Waals surface area contributed by atoms with E-state index in [-0.39, 0.29) is 11.4 Å². The van der Waals surface area contributed by atoms with Crippen molar-refractivity contribution in [2.45, 2.75) is 19.4 Å². The van der Waals surface area contributed by atoms with Crippen molar-refractivity contribution >= 4 is 11.0 Å². The second kappa shape index (κ2) is 10.1. The van der Waals surface area contributed by atoms with Gasteiger partial charge in [-0.25, -0.2) is 13.8 Å². The van der Waals surface area contributed by atoms with Crippen molar-refractivity contribution < 1.29 is 22.7 Å². The molecule has 0 saturated carbocycles. The van der Waals surface area contributed by atoms with Crippen LogP contribution in [0, 0.1) is 11.6 Å². The Labute approximate surface area is 211 Å². The number of benzene rings is 2. The number of fused-ring (bicyclic) bond motifs is 1. The molecule has 3 aromatic heterocycles. The molecule has 1 fully saturated rings. The number of nitrogens with one attached hydrogen (secondary N) is 1. The lowest BCUT2D eigenvalue weighted by atomic mass is 10.1. The van der Waals surface area contributed by atoms with Gasteiger partial charge in [-0.15, -0.1) is 0 Å². The maximum absolute atomic E-state index is 14.2. The van der Waals surface area contributed by atoms with E-state index in [0.717, 1.165) is 37.0 Å². The van der Waals surface area contributed by atoms with Crippen LogP contribution in [0.25, 0.3) is 33.7 Å². The van der Waals surface area contributed by atoms with E-state index in [4.69, 9.17) is 9.26 Å². The van der Waals surface area contributed by atoms with E-state index in [1.54, 1.807) is 17.1 Å². The molecule has 1 N–H and O–H groups in total. The zero-order chi connectivity index (χ0) is 25.2. The Kier molecular flexibility index (Phi) is 6.32. The van der Waals surface area contributed by atoms with Crippen molar-refractivity contribution in [2.75, 3.05) is 26.2 Å². The number of nitrogens with zero attached hydrogens (tertiary/aromatic N) is 5. The van der Waals surface area contributed by atoms with Crippen LogP contribution < -0.4 is 9.42 Å². The van der Waals surface area contributed by atoms with Gasteiger partial charge in [0, 0.05) is 18.2 Å². The number of aromatic nitrogens is 5. The molecule has 5 aromatic rings. The van der Waals surface area contributed by atoms with Crippen LogP contribution in [-0.4, -0.2) is 51.4 Å². The van der Waals surface area contributed by atoms with E-state index in [2.05, 4.69) is 25.1 Å². The normalized spacial score (nSPS) is 14.0. The predicted molar refractivity (Wildman–Crippen MR) is 132 cm³/mol. The Bertz CT molecular complexity index is 1530. The molecule has 0 radical (unpaired) electrons. The minimum atomic E-state index is -0.946. The summed E-state index contributed by atoms with van der Waals surface area (Å²) in [7, 11) is 0. The maximum atomic E-state index is 14.2. The van der Waals surface area contributed by atoms with Crippen LogP contribution in [0.3, 0.4) is 0 Å². The molecule has 0 unspecified atom stereocenters. The molecule has 0 atom stereocenters. The van der Waals surface area contributed by atoms with Gasteiger partial charge in [-0.05, 0) is 67.4 Å². The van der Waals surface area contributed by atoms with Crippen LogP contribution in [0.2, 0.25) is 0 Å². The Balaban J connectivity index is 1.12. The molecule has 2 aromatic carbocycles. The molecule has 8 nitrogen and oxygen atoms in total. The number of hydrogen-bond acceptors (Lipinski definition) is 6. The van der Waals surface area contributed by atoms with Gasteiger partial charge in [0.15, 0.2) is 11.6 Å². The second-order valence-electron chi connectivity index (χ2n) is 9.06. The standard InChI is InChI=1S/C27H24F2N6O2/c28-22-5-3-4-21(26(22)29)27-31-24-15-30-35(17-25(24)32-27)16-20-14-23(33-37-20)18-6-8-19(9-7-18)36-13-12-34-10-1-2-11-34/h3-9,14-15,17H,1-2,10-13,16H2/p+1. The average Bonchev–Trinajstić information content (AvgIpc) is 3.67. The highest BCUT2D eigenvalue weighted by Gasteiger charge is 2.18. The number of hydrogen-bond donors (Lipinski definition) is 1. The molecule has 0 bridgehead atoms. The number of H-pyrrole nitrogens is 1. The summed E-state index contributed by atoms with van der Waals surface area (Å²) in [5, 5.41) is 8.55. The molecule has 1 aliphatic rings. The van der Waals surface area contributed by atoms with E-state index >= 15 is 0 Å². The van der Waals surface area contributed by atoms with Crippen molar-refractivity contribution in [1.82, 2.24) is 25.1 Å². The molecular formula is C27H25F2N6O2+. The van der Waals surface area contributed by atoms with Crippen LogP contribution in [0.15, 0.2) is 65.4 Å². The topological polar surface area (TPSA) is 83.9 Å². The first-order chi connectivity index (χ1) is 18.1. The fourth-order valence-corrected chi connectivity index (χ4v) is 4.51. The Hall–Kier alpha value is -4.18. The largest absolute Gasteiger partial charge is 0.492 e. The van der Waals surface area contributed by atoms with Crippen molar-refractivity contribution in [2.24, 2.45) is 0 Å². The van der Waals surface area contributed by atoms with Gasteiger partial charge in [0.2, 0.25) is 18.5 Å². The monoisotopic (exact) mass is 503 g/mol. The molecular weight excluding hydrogens is 478 g/mol. The highest BCUT2D eigenvalue weighted by atomic mass is 19.2. The van der Waals surface area contributed by atoms with Gasteiger partial charge in [-0.2, -0.15) is 0 Å². The third kappa shape index (κ3) is 5.05. The zero-order valence-corrected chi connectivity index (χ0v) is 20.0. The first-order valence-electron chi connectivity index (χ1n) is 12.2. The highest BCUT2D eigenvalue weighted by Crippen LogP contribution is 2.24. The van der Waals surface area contributed by atoms with Crippen molar-refractivity contribution in [1.29, 1.82) is 0 Å². The van der Waals surface area contributed by atoms with Gasteiger partial charge in [0.1, 0.15) is 41.1 Å². The Morgan fingerprint density at radius 2 is 1.92 bits per heavy atom. The van der Waals surface area contributed by atoms with Gasteiger partial charge in [-0.3, -0.25) is 4.90 Å². The fraction of sp³-hybridized carbons (Fsp3) is 0.259. The van der Waals surface area contributed by atoms with E-state index in [9.17, 15) is 8.78 Å².